The molecule has 1 aromatic heterocycles. The maximum absolute atomic E-state index is 11.2. The molecule has 1 aliphatic heterocycles. The molecule has 2 heterocycles. The number of hydrogen-bond donors (Lipinski definition) is 2. The monoisotopic (exact) mass is 225 g/mol. The minimum atomic E-state index is -0.346. The van der Waals surface area contributed by atoms with Gasteiger partial charge in [0.1, 0.15) is 4.88 Å². The highest BCUT2D eigenvalue weighted by atomic mass is 32.1. The van der Waals surface area contributed by atoms with Gasteiger partial charge in [0.2, 0.25) is 0 Å². The summed E-state index contributed by atoms with van der Waals surface area (Å²) in [5.74, 6) is 0.00683. The maximum Gasteiger partial charge on any atom is 0.260 e. The van der Waals surface area contributed by atoms with E-state index in [1.165, 1.54) is 11.3 Å². The third kappa shape index (κ3) is 2.18. The standard InChI is InChI=1S/C10H15N3OS/c1-6-13-8(9(15-6)10(11)14)7-3-2-4-12-5-7/h7,12H,2-5H2,1H3,(H2,11,14). The highest BCUT2D eigenvalue weighted by Crippen LogP contribution is 2.28. The Morgan fingerprint density at radius 3 is 3.07 bits per heavy atom. The van der Waals surface area contributed by atoms with Crippen LogP contribution < -0.4 is 11.1 Å². The van der Waals surface area contributed by atoms with E-state index in [2.05, 4.69) is 10.3 Å². The first kappa shape index (κ1) is 10.6. The Morgan fingerprint density at radius 2 is 2.47 bits per heavy atom. The number of aromatic nitrogens is 1. The van der Waals surface area contributed by atoms with Crippen molar-refractivity contribution in [1.29, 1.82) is 0 Å². The van der Waals surface area contributed by atoms with Crippen LogP contribution >= 0.6 is 11.3 Å². The number of aryl methyl sites for hydroxylation is 1. The van der Waals surface area contributed by atoms with Crippen LogP contribution in [0.3, 0.4) is 0 Å². The Hall–Kier alpha value is -0.940. The normalized spacial score (nSPS) is 21.5. The average Bonchev–Trinajstić information content (AvgIpc) is 2.62. The molecule has 1 saturated heterocycles. The fourth-order valence-electron chi connectivity index (χ4n) is 1.98. The molecule has 0 saturated carbocycles. The van der Waals surface area contributed by atoms with Gasteiger partial charge in [0.15, 0.2) is 0 Å². The number of amides is 1. The molecule has 5 heteroatoms. The molecule has 0 aliphatic carbocycles. The molecule has 4 nitrogen and oxygen atoms in total. The van der Waals surface area contributed by atoms with E-state index >= 15 is 0 Å². The fourth-order valence-corrected chi connectivity index (χ4v) is 2.84. The first-order chi connectivity index (χ1) is 7.18. The highest BCUT2D eigenvalue weighted by Gasteiger charge is 2.23. The molecule has 3 N–H and O–H groups in total. The molecule has 1 unspecified atom stereocenters. The molecule has 0 aromatic carbocycles. The smallest absolute Gasteiger partial charge is 0.260 e. The topological polar surface area (TPSA) is 68.0 Å². The van der Waals surface area contributed by atoms with Crippen molar-refractivity contribution in [3.05, 3.63) is 15.6 Å². The summed E-state index contributed by atoms with van der Waals surface area (Å²) >= 11 is 1.40. The van der Waals surface area contributed by atoms with E-state index in [0.717, 1.165) is 36.6 Å². The number of thiazole rings is 1. The summed E-state index contributed by atoms with van der Waals surface area (Å²) in [5.41, 5.74) is 6.25. The SMILES string of the molecule is Cc1nc(C2CCCNC2)c(C(N)=O)s1. The molecule has 0 radical (unpaired) electrons. The third-order valence-corrected chi connectivity index (χ3v) is 3.67. The Kier molecular flexibility index (Phi) is 3.02. The zero-order chi connectivity index (χ0) is 10.8. The van der Waals surface area contributed by atoms with Crippen LogP contribution in [-0.4, -0.2) is 24.0 Å². The van der Waals surface area contributed by atoms with Gasteiger partial charge < -0.3 is 11.1 Å². The van der Waals surface area contributed by atoms with Crippen LogP contribution in [0.15, 0.2) is 0 Å². The van der Waals surface area contributed by atoms with Gasteiger partial charge in [0.05, 0.1) is 10.7 Å². The number of piperidine rings is 1. The summed E-state index contributed by atoms with van der Waals surface area (Å²) in [5, 5.41) is 4.24. The maximum atomic E-state index is 11.2. The molecule has 0 bridgehead atoms. The van der Waals surface area contributed by atoms with E-state index < -0.39 is 0 Å². The van der Waals surface area contributed by atoms with Crippen molar-refractivity contribution in [1.82, 2.24) is 10.3 Å². The van der Waals surface area contributed by atoms with Gasteiger partial charge in [-0.2, -0.15) is 0 Å². The molecule has 1 aliphatic rings. The molecule has 0 spiro atoms. The Balaban J connectivity index is 2.28. The van der Waals surface area contributed by atoms with Crippen molar-refractivity contribution in [2.24, 2.45) is 5.73 Å². The van der Waals surface area contributed by atoms with E-state index in [1.807, 2.05) is 6.92 Å². The van der Waals surface area contributed by atoms with Gasteiger partial charge in [0.25, 0.3) is 5.91 Å². The highest BCUT2D eigenvalue weighted by molar-refractivity contribution is 7.13. The molecule has 1 aromatic rings. The van der Waals surface area contributed by atoms with Crippen molar-refractivity contribution >= 4 is 17.2 Å². The number of rotatable bonds is 2. The van der Waals surface area contributed by atoms with Crippen LogP contribution in [0, 0.1) is 6.92 Å². The lowest BCUT2D eigenvalue weighted by molar-refractivity contribution is 0.100. The second kappa shape index (κ2) is 4.28. The number of carbonyl (C=O) groups is 1. The van der Waals surface area contributed by atoms with Crippen LogP contribution in [0.5, 0.6) is 0 Å². The summed E-state index contributed by atoms with van der Waals surface area (Å²) in [6.07, 6.45) is 2.23. The molecule has 82 valence electrons. The van der Waals surface area contributed by atoms with Crippen molar-refractivity contribution < 1.29 is 4.79 Å². The van der Waals surface area contributed by atoms with Gasteiger partial charge >= 0.3 is 0 Å². The minimum Gasteiger partial charge on any atom is -0.365 e. The van der Waals surface area contributed by atoms with Gasteiger partial charge in [-0.05, 0) is 26.3 Å². The first-order valence-electron chi connectivity index (χ1n) is 5.16. The molecule has 15 heavy (non-hydrogen) atoms. The Bertz CT molecular complexity index is 369. The molecule has 1 amide bonds. The third-order valence-electron chi connectivity index (χ3n) is 2.67. The van der Waals surface area contributed by atoms with E-state index in [1.54, 1.807) is 0 Å². The van der Waals surface area contributed by atoms with Gasteiger partial charge in [-0.3, -0.25) is 4.79 Å². The van der Waals surface area contributed by atoms with Crippen LogP contribution in [0.25, 0.3) is 0 Å². The van der Waals surface area contributed by atoms with Gasteiger partial charge in [-0.1, -0.05) is 0 Å². The van der Waals surface area contributed by atoms with Gasteiger partial charge in [-0.25, -0.2) is 4.98 Å². The molecular weight excluding hydrogens is 210 g/mol. The van der Waals surface area contributed by atoms with Crippen molar-refractivity contribution in [2.45, 2.75) is 25.7 Å². The van der Waals surface area contributed by atoms with Crippen molar-refractivity contribution in [3.8, 4) is 0 Å². The van der Waals surface area contributed by atoms with Crippen LogP contribution in [-0.2, 0) is 0 Å². The van der Waals surface area contributed by atoms with E-state index in [-0.39, 0.29) is 5.91 Å². The zero-order valence-electron chi connectivity index (χ0n) is 8.75. The molecular formula is C10H15N3OS. The zero-order valence-corrected chi connectivity index (χ0v) is 9.56. The molecule has 2 rings (SSSR count). The summed E-state index contributed by atoms with van der Waals surface area (Å²) < 4.78 is 0. The summed E-state index contributed by atoms with van der Waals surface area (Å²) in [6, 6.07) is 0. The predicted molar refractivity (Wildman–Crippen MR) is 60.2 cm³/mol. The molecule has 1 atom stereocenters. The number of carbonyl (C=O) groups excluding carboxylic acids is 1. The number of nitrogens with one attached hydrogen (secondary N) is 1. The number of nitrogens with two attached hydrogens (primary N) is 1. The Labute approximate surface area is 92.9 Å². The second-order valence-corrected chi connectivity index (χ2v) is 5.06. The van der Waals surface area contributed by atoms with Crippen molar-refractivity contribution in [2.75, 3.05) is 13.1 Å². The lowest BCUT2D eigenvalue weighted by atomic mass is 9.95. The first-order valence-corrected chi connectivity index (χ1v) is 5.98. The Morgan fingerprint density at radius 1 is 1.67 bits per heavy atom. The van der Waals surface area contributed by atoms with Crippen LogP contribution in [0.4, 0.5) is 0 Å². The minimum absolute atomic E-state index is 0.346. The second-order valence-electron chi connectivity index (χ2n) is 3.85. The quantitative estimate of drug-likeness (QED) is 0.789. The summed E-state index contributed by atoms with van der Waals surface area (Å²) in [6.45, 7) is 3.88. The number of hydrogen-bond acceptors (Lipinski definition) is 4. The fraction of sp³-hybridized carbons (Fsp3) is 0.600. The average molecular weight is 225 g/mol. The summed E-state index contributed by atoms with van der Waals surface area (Å²) in [7, 11) is 0. The predicted octanol–water partition coefficient (Wildman–Crippen LogP) is 1.02. The largest absolute Gasteiger partial charge is 0.365 e. The molecule has 1 fully saturated rings. The van der Waals surface area contributed by atoms with Crippen molar-refractivity contribution in [3.63, 3.8) is 0 Å². The number of primary amides is 1. The van der Waals surface area contributed by atoms with Gasteiger partial charge in [0, 0.05) is 12.5 Å². The van der Waals surface area contributed by atoms with E-state index in [0.29, 0.717) is 10.8 Å². The summed E-state index contributed by atoms with van der Waals surface area (Å²) in [4.78, 5) is 16.3. The lowest BCUT2D eigenvalue weighted by Gasteiger charge is -2.21. The number of nitrogens with zero attached hydrogens (tertiary/aromatic N) is 1. The van der Waals surface area contributed by atoms with Crippen LogP contribution in [0.1, 0.15) is 39.1 Å². The van der Waals surface area contributed by atoms with Crippen LogP contribution in [0.2, 0.25) is 0 Å². The lowest BCUT2D eigenvalue weighted by Crippen LogP contribution is -2.29. The van der Waals surface area contributed by atoms with E-state index in [9.17, 15) is 4.79 Å². The van der Waals surface area contributed by atoms with E-state index in [4.69, 9.17) is 5.73 Å². The van der Waals surface area contributed by atoms with Gasteiger partial charge in [-0.15, -0.1) is 11.3 Å².